The second kappa shape index (κ2) is 6.51. The molecule has 3 nitrogen and oxygen atoms in total. The van der Waals surface area contributed by atoms with E-state index in [1.165, 1.54) is 0 Å². The monoisotopic (exact) mass is 368 g/mol. The van der Waals surface area contributed by atoms with Crippen LogP contribution in [0.15, 0.2) is 70.9 Å². The Morgan fingerprint density at radius 3 is 2.56 bits per heavy atom. The van der Waals surface area contributed by atoms with Gasteiger partial charge in [0, 0.05) is 16.0 Å². The van der Waals surface area contributed by atoms with Gasteiger partial charge in [-0.15, -0.1) is 0 Å². The van der Waals surface area contributed by atoms with Gasteiger partial charge >= 0.3 is 0 Å². The minimum Gasteiger partial charge on any atom is -0.508 e. The van der Waals surface area contributed by atoms with Crippen molar-refractivity contribution < 1.29 is 5.11 Å². The minimum atomic E-state index is -0.141. The Labute approximate surface area is 155 Å². The summed E-state index contributed by atoms with van der Waals surface area (Å²) in [6.45, 7) is 0.396. The highest BCUT2D eigenvalue weighted by atomic mass is 35.5. The predicted molar refractivity (Wildman–Crippen MR) is 100 cm³/mol. The van der Waals surface area contributed by atoms with Gasteiger partial charge in [0.2, 0.25) is 0 Å². The third-order valence-electron chi connectivity index (χ3n) is 4.37. The van der Waals surface area contributed by atoms with Crippen molar-refractivity contribution in [2.45, 2.75) is 12.5 Å². The predicted octanol–water partition coefficient (Wildman–Crippen LogP) is 6.48. The van der Waals surface area contributed by atoms with Crippen molar-refractivity contribution in [1.29, 1.82) is 0 Å². The summed E-state index contributed by atoms with van der Waals surface area (Å²) < 4.78 is 0. The van der Waals surface area contributed by atoms with E-state index in [0.717, 1.165) is 27.9 Å². The zero-order valence-electron chi connectivity index (χ0n) is 13.2. The maximum Gasteiger partial charge on any atom is 0.115 e. The van der Waals surface area contributed by atoms with E-state index in [0.29, 0.717) is 16.6 Å². The van der Waals surface area contributed by atoms with Crippen molar-refractivity contribution in [2.24, 2.45) is 10.2 Å². The maximum absolute atomic E-state index is 9.88. The fourth-order valence-corrected chi connectivity index (χ4v) is 3.68. The number of fused-ring (bicyclic) bond motifs is 2. The number of phenolic OH excluding ortho intramolecular Hbond substituents is 1. The van der Waals surface area contributed by atoms with Crippen LogP contribution in [0.25, 0.3) is 0 Å². The summed E-state index contributed by atoms with van der Waals surface area (Å²) in [5.41, 5.74) is 4.63. The Balaban J connectivity index is 2.05. The van der Waals surface area contributed by atoms with Crippen molar-refractivity contribution in [2.75, 3.05) is 0 Å². The summed E-state index contributed by atoms with van der Waals surface area (Å²) in [5.74, 6) is 0.0657. The zero-order chi connectivity index (χ0) is 17.4. The molecule has 0 fully saturated rings. The molecule has 0 saturated heterocycles. The second-order valence-electron chi connectivity index (χ2n) is 5.94. The van der Waals surface area contributed by atoms with Crippen LogP contribution in [0.5, 0.6) is 5.75 Å². The van der Waals surface area contributed by atoms with Crippen molar-refractivity contribution >= 4 is 28.9 Å². The average molecular weight is 369 g/mol. The molecule has 3 aromatic carbocycles. The van der Waals surface area contributed by atoms with E-state index in [4.69, 9.17) is 23.2 Å². The van der Waals surface area contributed by atoms with E-state index in [1.807, 2.05) is 48.5 Å². The lowest BCUT2D eigenvalue weighted by atomic mass is 9.81. The number of hydrogen-bond donors (Lipinski definition) is 1. The number of benzene rings is 3. The van der Waals surface area contributed by atoms with Crippen molar-refractivity contribution in [3.05, 3.63) is 93.0 Å². The topological polar surface area (TPSA) is 45.0 Å². The van der Waals surface area contributed by atoms with Gasteiger partial charge in [-0.25, -0.2) is 0 Å². The Hall–Kier alpha value is -2.36. The van der Waals surface area contributed by atoms with Crippen LogP contribution in [-0.2, 0) is 6.54 Å². The highest BCUT2D eigenvalue weighted by molar-refractivity contribution is 6.31. The van der Waals surface area contributed by atoms with E-state index in [1.54, 1.807) is 12.1 Å². The highest BCUT2D eigenvalue weighted by Crippen LogP contribution is 2.44. The van der Waals surface area contributed by atoms with Crippen LogP contribution in [0, 0.1) is 0 Å². The van der Waals surface area contributed by atoms with Gasteiger partial charge in [-0.3, -0.25) is 0 Å². The molecular formula is C20H14Cl2N2O. The molecule has 0 bridgehead atoms. The number of rotatable bonds is 1. The molecule has 3 aromatic rings. The first-order valence-electron chi connectivity index (χ1n) is 7.86. The smallest absolute Gasteiger partial charge is 0.115 e. The third-order valence-corrected chi connectivity index (χ3v) is 4.95. The largest absolute Gasteiger partial charge is 0.508 e. The van der Waals surface area contributed by atoms with Gasteiger partial charge in [0.05, 0.1) is 12.2 Å². The molecule has 4 rings (SSSR count). The van der Waals surface area contributed by atoms with Crippen LogP contribution in [-0.4, -0.2) is 5.11 Å². The van der Waals surface area contributed by atoms with E-state index in [-0.39, 0.29) is 11.7 Å². The molecule has 1 unspecified atom stereocenters. The Kier molecular flexibility index (Phi) is 4.20. The number of halogens is 2. The molecule has 1 atom stereocenters. The maximum atomic E-state index is 9.88. The molecule has 0 amide bonds. The van der Waals surface area contributed by atoms with Crippen LogP contribution < -0.4 is 0 Å². The third kappa shape index (κ3) is 3.01. The summed E-state index contributed by atoms with van der Waals surface area (Å²) in [4.78, 5) is 0. The molecule has 1 N–H and O–H groups in total. The molecule has 1 heterocycles. The quantitative estimate of drug-likeness (QED) is 0.524. The summed E-state index contributed by atoms with van der Waals surface area (Å²) >= 11 is 12.8. The first-order chi connectivity index (χ1) is 12.1. The van der Waals surface area contributed by atoms with Crippen molar-refractivity contribution in [3.63, 3.8) is 0 Å². The number of hydrogen-bond acceptors (Lipinski definition) is 3. The molecule has 1 aliphatic heterocycles. The minimum absolute atomic E-state index is 0.141. The first-order valence-corrected chi connectivity index (χ1v) is 8.62. The molecule has 5 heteroatoms. The van der Waals surface area contributed by atoms with Crippen LogP contribution in [0.4, 0.5) is 5.69 Å². The zero-order valence-corrected chi connectivity index (χ0v) is 14.7. The Bertz CT molecular complexity index is 985. The molecule has 124 valence electrons. The summed E-state index contributed by atoms with van der Waals surface area (Å²) in [7, 11) is 0. The Morgan fingerprint density at radius 2 is 1.72 bits per heavy atom. The average Bonchev–Trinajstić information content (AvgIpc) is 2.58. The first kappa shape index (κ1) is 16.1. The molecule has 0 aromatic heterocycles. The standard InChI is InChI=1S/C20H14Cl2N2O/c21-13-5-8-19-17(10-13)20(16-3-1-2-4-18(16)22)15-7-6-14(25)9-12(15)11-23-24-19/h1-10,20,25H,11H2. The second-order valence-corrected chi connectivity index (χ2v) is 6.78. The van der Waals surface area contributed by atoms with E-state index in [9.17, 15) is 5.11 Å². The lowest BCUT2D eigenvalue weighted by Crippen LogP contribution is -2.09. The van der Waals surface area contributed by atoms with Gasteiger partial charge in [0.15, 0.2) is 0 Å². The van der Waals surface area contributed by atoms with Crippen LogP contribution in [0.1, 0.15) is 28.2 Å². The number of nitrogens with zero attached hydrogens (tertiary/aromatic N) is 2. The van der Waals surface area contributed by atoms with E-state index >= 15 is 0 Å². The van der Waals surface area contributed by atoms with Gasteiger partial charge in [-0.05, 0) is 58.7 Å². The number of aromatic hydroxyl groups is 1. The van der Waals surface area contributed by atoms with E-state index in [2.05, 4.69) is 10.2 Å². The SMILES string of the molecule is Oc1ccc2c(c1)CN=Nc1ccc(Cl)cc1C2c1ccccc1Cl. The van der Waals surface area contributed by atoms with Crippen LogP contribution in [0.3, 0.4) is 0 Å². The van der Waals surface area contributed by atoms with Crippen LogP contribution >= 0.6 is 23.2 Å². The molecule has 25 heavy (non-hydrogen) atoms. The molecule has 0 aliphatic carbocycles. The molecule has 1 aliphatic rings. The summed E-state index contributed by atoms with van der Waals surface area (Å²) in [6, 6.07) is 18.7. The van der Waals surface area contributed by atoms with Gasteiger partial charge in [0.25, 0.3) is 0 Å². The van der Waals surface area contributed by atoms with Crippen molar-refractivity contribution in [3.8, 4) is 5.75 Å². The highest BCUT2D eigenvalue weighted by Gasteiger charge is 2.26. The van der Waals surface area contributed by atoms with Crippen molar-refractivity contribution in [1.82, 2.24) is 0 Å². The fraction of sp³-hybridized carbons (Fsp3) is 0.100. The molecule has 0 spiro atoms. The van der Waals surface area contributed by atoms with Gasteiger partial charge < -0.3 is 5.11 Å². The normalized spacial score (nSPS) is 15.8. The van der Waals surface area contributed by atoms with Gasteiger partial charge in [0.1, 0.15) is 5.75 Å². The lowest BCUT2D eigenvalue weighted by molar-refractivity contribution is 0.474. The van der Waals surface area contributed by atoms with E-state index < -0.39 is 0 Å². The summed E-state index contributed by atoms with van der Waals surface area (Å²) in [6.07, 6.45) is 0. The molecular weight excluding hydrogens is 355 g/mol. The van der Waals surface area contributed by atoms with Gasteiger partial charge in [-0.2, -0.15) is 10.2 Å². The van der Waals surface area contributed by atoms with Gasteiger partial charge in [-0.1, -0.05) is 47.5 Å². The summed E-state index contributed by atoms with van der Waals surface area (Å²) in [5, 5.41) is 19.8. The van der Waals surface area contributed by atoms with Crippen LogP contribution in [0.2, 0.25) is 10.0 Å². The number of phenols is 1. The Morgan fingerprint density at radius 1 is 0.880 bits per heavy atom. The molecule has 0 saturated carbocycles. The number of azo groups is 1. The lowest BCUT2D eigenvalue weighted by Gasteiger charge is -2.25. The molecule has 0 radical (unpaired) electrons. The fourth-order valence-electron chi connectivity index (χ4n) is 3.26.